The Kier molecular flexibility index (Phi) is 1.63. The molecule has 0 saturated heterocycles. The number of allylic oxidation sites excluding steroid dienone is 2. The molecule has 0 aliphatic heterocycles. The van der Waals surface area contributed by atoms with Crippen LogP contribution in [0.2, 0.25) is 0 Å². The lowest BCUT2D eigenvalue weighted by Gasteiger charge is -2.29. The Morgan fingerprint density at radius 2 is 1.42 bits per heavy atom. The summed E-state index contributed by atoms with van der Waals surface area (Å²) < 4.78 is 0. The number of carbonyl (C=O) groups excluding carboxylic acids is 2. The molecule has 2 aliphatic rings. The predicted octanol–water partition coefficient (Wildman–Crippen LogP) is 1.64. The van der Waals surface area contributed by atoms with Gasteiger partial charge in [0.1, 0.15) is 0 Å². The first-order chi connectivity index (χ1) is 5.76. The van der Waals surface area contributed by atoms with Crippen molar-refractivity contribution in [2.75, 3.05) is 0 Å². The molecule has 1 spiro atoms. The Bertz CT molecular complexity index is 237. The zero-order chi connectivity index (χ0) is 8.60. The lowest BCUT2D eigenvalue weighted by Crippen LogP contribution is -2.35. The standard InChI is InChI=1S/C10H12O2/c11-8-4-5-9(12)10(8)6-2-1-3-7-10/h4-5H,1-3,6-7H2. The molecule has 0 radical (unpaired) electrons. The van der Waals surface area contributed by atoms with E-state index in [1.165, 1.54) is 18.6 Å². The minimum Gasteiger partial charge on any atom is -0.294 e. The van der Waals surface area contributed by atoms with Crippen molar-refractivity contribution in [2.24, 2.45) is 5.41 Å². The van der Waals surface area contributed by atoms with Crippen molar-refractivity contribution in [1.29, 1.82) is 0 Å². The van der Waals surface area contributed by atoms with E-state index in [0.29, 0.717) is 0 Å². The third kappa shape index (κ3) is 0.872. The number of rotatable bonds is 0. The van der Waals surface area contributed by atoms with Crippen molar-refractivity contribution in [3.8, 4) is 0 Å². The molecular weight excluding hydrogens is 152 g/mol. The average molecular weight is 164 g/mol. The monoisotopic (exact) mass is 164 g/mol. The molecule has 12 heavy (non-hydrogen) atoms. The summed E-state index contributed by atoms with van der Waals surface area (Å²) in [7, 11) is 0. The van der Waals surface area contributed by atoms with Crippen LogP contribution >= 0.6 is 0 Å². The molecule has 0 N–H and O–H groups in total. The van der Waals surface area contributed by atoms with Gasteiger partial charge in [-0.05, 0) is 25.0 Å². The van der Waals surface area contributed by atoms with E-state index < -0.39 is 5.41 Å². The zero-order valence-corrected chi connectivity index (χ0v) is 7.01. The Hall–Kier alpha value is -0.920. The number of ketones is 2. The van der Waals surface area contributed by atoms with Crippen LogP contribution in [0.15, 0.2) is 12.2 Å². The van der Waals surface area contributed by atoms with Crippen molar-refractivity contribution in [3.63, 3.8) is 0 Å². The summed E-state index contributed by atoms with van der Waals surface area (Å²) in [4.78, 5) is 22.9. The molecule has 0 bridgehead atoms. The molecule has 1 saturated carbocycles. The van der Waals surface area contributed by atoms with Crippen LogP contribution in [0.1, 0.15) is 32.1 Å². The van der Waals surface area contributed by atoms with Gasteiger partial charge in [0.2, 0.25) is 0 Å². The highest BCUT2D eigenvalue weighted by atomic mass is 16.2. The first kappa shape index (κ1) is 7.71. The zero-order valence-electron chi connectivity index (χ0n) is 7.01. The Balaban J connectivity index is 2.29. The van der Waals surface area contributed by atoms with Gasteiger partial charge < -0.3 is 0 Å². The summed E-state index contributed by atoms with van der Waals surface area (Å²) in [6.07, 6.45) is 7.68. The first-order valence-corrected chi connectivity index (χ1v) is 4.53. The Morgan fingerprint density at radius 1 is 0.917 bits per heavy atom. The average Bonchev–Trinajstić information content (AvgIpc) is 2.36. The number of hydrogen-bond acceptors (Lipinski definition) is 2. The summed E-state index contributed by atoms with van der Waals surface area (Å²) >= 11 is 0. The van der Waals surface area contributed by atoms with Crippen molar-refractivity contribution < 1.29 is 9.59 Å². The quantitative estimate of drug-likeness (QED) is 0.510. The smallest absolute Gasteiger partial charge is 0.169 e. The molecule has 0 atom stereocenters. The molecule has 1 fully saturated rings. The number of carbonyl (C=O) groups is 2. The van der Waals surface area contributed by atoms with Crippen LogP contribution in [0, 0.1) is 5.41 Å². The van der Waals surface area contributed by atoms with E-state index in [-0.39, 0.29) is 11.6 Å². The molecule has 2 rings (SSSR count). The van der Waals surface area contributed by atoms with Gasteiger partial charge in [-0.25, -0.2) is 0 Å². The second kappa shape index (κ2) is 2.54. The molecule has 64 valence electrons. The van der Waals surface area contributed by atoms with Gasteiger partial charge in [0.05, 0.1) is 5.41 Å². The maximum absolute atomic E-state index is 11.5. The normalized spacial score (nSPS) is 27.0. The largest absolute Gasteiger partial charge is 0.294 e. The van der Waals surface area contributed by atoms with Gasteiger partial charge in [0.15, 0.2) is 11.6 Å². The molecule has 0 unspecified atom stereocenters. The molecular formula is C10H12O2. The fourth-order valence-electron chi connectivity index (χ4n) is 2.24. The topological polar surface area (TPSA) is 34.1 Å². The molecule has 2 nitrogen and oxygen atoms in total. The predicted molar refractivity (Wildman–Crippen MR) is 44.7 cm³/mol. The van der Waals surface area contributed by atoms with Crippen LogP contribution in [0.5, 0.6) is 0 Å². The summed E-state index contributed by atoms with van der Waals surface area (Å²) in [6.45, 7) is 0. The van der Waals surface area contributed by atoms with E-state index in [1.807, 2.05) is 0 Å². The van der Waals surface area contributed by atoms with E-state index in [9.17, 15) is 9.59 Å². The lowest BCUT2D eigenvalue weighted by molar-refractivity contribution is -0.135. The fourth-order valence-corrected chi connectivity index (χ4v) is 2.24. The molecule has 0 aromatic rings. The summed E-state index contributed by atoms with van der Waals surface area (Å²) in [5.74, 6) is 0.0967. The summed E-state index contributed by atoms with van der Waals surface area (Å²) in [5.41, 5.74) is -0.599. The van der Waals surface area contributed by atoms with Gasteiger partial charge in [0.25, 0.3) is 0 Å². The van der Waals surface area contributed by atoms with Crippen molar-refractivity contribution in [2.45, 2.75) is 32.1 Å². The van der Waals surface area contributed by atoms with Gasteiger partial charge in [-0.3, -0.25) is 9.59 Å². The van der Waals surface area contributed by atoms with E-state index in [2.05, 4.69) is 0 Å². The van der Waals surface area contributed by atoms with Crippen molar-refractivity contribution >= 4 is 11.6 Å². The highest BCUT2D eigenvalue weighted by Gasteiger charge is 2.46. The van der Waals surface area contributed by atoms with Gasteiger partial charge in [-0.2, -0.15) is 0 Å². The molecule has 0 aromatic carbocycles. The highest BCUT2D eigenvalue weighted by Crippen LogP contribution is 2.41. The van der Waals surface area contributed by atoms with Gasteiger partial charge >= 0.3 is 0 Å². The molecule has 0 heterocycles. The first-order valence-electron chi connectivity index (χ1n) is 4.53. The van der Waals surface area contributed by atoms with Crippen LogP contribution in [-0.2, 0) is 9.59 Å². The van der Waals surface area contributed by atoms with E-state index in [4.69, 9.17) is 0 Å². The minimum atomic E-state index is -0.599. The van der Waals surface area contributed by atoms with E-state index in [1.54, 1.807) is 0 Å². The van der Waals surface area contributed by atoms with Gasteiger partial charge in [0, 0.05) is 0 Å². The SMILES string of the molecule is O=C1C=CC(=O)C12CCCCC2. The maximum atomic E-state index is 11.5. The third-order valence-electron chi connectivity index (χ3n) is 3.04. The van der Waals surface area contributed by atoms with E-state index >= 15 is 0 Å². The van der Waals surface area contributed by atoms with Gasteiger partial charge in [-0.1, -0.05) is 19.3 Å². The maximum Gasteiger partial charge on any atom is 0.169 e. The van der Waals surface area contributed by atoms with Crippen LogP contribution in [0.4, 0.5) is 0 Å². The second-order valence-corrected chi connectivity index (χ2v) is 3.70. The summed E-state index contributed by atoms with van der Waals surface area (Å²) in [5, 5.41) is 0. The van der Waals surface area contributed by atoms with Gasteiger partial charge in [-0.15, -0.1) is 0 Å². The third-order valence-corrected chi connectivity index (χ3v) is 3.04. The molecule has 0 amide bonds. The molecule has 0 aromatic heterocycles. The minimum absolute atomic E-state index is 0.0483. The summed E-state index contributed by atoms with van der Waals surface area (Å²) in [6, 6.07) is 0. The lowest BCUT2D eigenvalue weighted by atomic mass is 9.71. The highest BCUT2D eigenvalue weighted by molar-refractivity contribution is 6.22. The second-order valence-electron chi connectivity index (χ2n) is 3.70. The van der Waals surface area contributed by atoms with Crippen LogP contribution < -0.4 is 0 Å². The Labute approximate surface area is 71.6 Å². The van der Waals surface area contributed by atoms with E-state index in [0.717, 1.165) is 25.7 Å². The van der Waals surface area contributed by atoms with Crippen molar-refractivity contribution in [1.82, 2.24) is 0 Å². The van der Waals surface area contributed by atoms with Crippen LogP contribution in [0.3, 0.4) is 0 Å². The molecule has 2 heteroatoms. The van der Waals surface area contributed by atoms with Crippen molar-refractivity contribution in [3.05, 3.63) is 12.2 Å². The van der Waals surface area contributed by atoms with Crippen LogP contribution in [0.25, 0.3) is 0 Å². The number of hydrogen-bond donors (Lipinski definition) is 0. The Morgan fingerprint density at radius 3 is 1.92 bits per heavy atom. The molecule has 2 aliphatic carbocycles. The fraction of sp³-hybridized carbons (Fsp3) is 0.600. The van der Waals surface area contributed by atoms with Crippen LogP contribution in [-0.4, -0.2) is 11.6 Å².